The quantitative estimate of drug-likeness (QED) is 0.443. The molecule has 3 heterocycles. The van der Waals surface area contributed by atoms with Gasteiger partial charge in [0.1, 0.15) is 17.7 Å². The zero-order chi connectivity index (χ0) is 24.0. The maximum Gasteiger partial charge on any atom is 0.414 e. The van der Waals surface area contributed by atoms with Crippen molar-refractivity contribution in [2.75, 3.05) is 29.5 Å². The molecule has 0 bridgehead atoms. The molecule has 2 unspecified atom stereocenters. The van der Waals surface area contributed by atoms with Crippen LogP contribution >= 0.6 is 11.8 Å². The third-order valence-corrected chi connectivity index (χ3v) is 6.66. The largest absolute Gasteiger partial charge is 0.442 e. The Morgan fingerprint density at radius 2 is 2.06 bits per heavy atom. The summed E-state index contributed by atoms with van der Waals surface area (Å²) in [6, 6.07) is 5.79. The molecular formula is C22H28F2N6O2S. The molecule has 0 saturated carbocycles. The monoisotopic (exact) mass is 478 g/mol. The molecule has 4 rings (SSSR count). The van der Waals surface area contributed by atoms with E-state index in [1.807, 2.05) is 11.8 Å². The van der Waals surface area contributed by atoms with Crippen molar-refractivity contribution in [1.82, 2.24) is 9.99 Å². The fraction of sp³-hybridized carbons (Fsp3) is 0.364. The van der Waals surface area contributed by atoms with Crippen LogP contribution in [0.15, 0.2) is 49.1 Å². The molecule has 2 aliphatic rings. The number of nitrogens with zero attached hydrogens (tertiary/aromatic N) is 3. The van der Waals surface area contributed by atoms with Crippen LogP contribution in [0, 0.1) is 17.6 Å². The minimum Gasteiger partial charge on any atom is -0.442 e. The Morgan fingerprint density at radius 3 is 2.58 bits per heavy atom. The van der Waals surface area contributed by atoms with Crippen LogP contribution in [0.4, 0.5) is 19.3 Å². The molecule has 0 aliphatic carbocycles. The molecule has 178 valence electrons. The smallest absolute Gasteiger partial charge is 0.414 e. The number of cyclic esters (lactones) is 1. The Hall–Kier alpha value is -2.89. The van der Waals surface area contributed by atoms with Crippen LogP contribution in [-0.4, -0.2) is 52.8 Å². The number of nitrogens with two attached hydrogens (primary N) is 3. The van der Waals surface area contributed by atoms with E-state index in [4.69, 9.17) is 22.0 Å². The number of ether oxygens (including phenoxy) is 1. The van der Waals surface area contributed by atoms with Crippen LogP contribution in [0.2, 0.25) is 0 Å². The van der Waals surface area contributed by atoms with Crippen molar-refractivity contribution < 1.29 is 18.3 Å². The SMILES string of the molecule is C[C@@H]1CSCC1N.N/C=C\N(N)CC1CN(c2cc(F)c(-c3cccnc3)c(F)c2)C(=O)O1. The number of rotatable bonds is 5. The first-order valence-corrected chi connectivity index (χ1v) is 11.6. The van der Waals surface area contributed by atoms with Gasteiger partial charge in [-0.05, 0) is 29.9 Å². The van der Waals surface area contributed by atoms with Crippen molar-refractivity contribution in [1.29, 1.82) is 0 Å². The van der Waals surface area contributed by atoms with Gasteiger partial charge in [-0.15, -0.1) is 0 Å². The van der Waals surface area contributed by atoms with Crippen molar-refractivity contribution in [2.45, 2.75) is 19.1 Å². The minimum atomic E-state index is -0.796. The lowest BCUT2D eigenvalue weighted by Gasteiger charge is -2.17. The number of thioether (sulfide) groups is 1. The summed E-state index contributed by atoms with van der Waals surface area (Å²) >= 11 is 1.97. The summed E-state index contributed by atoms with van der Waals surface area (Å²) in [6.45, 7) is 2.51. The average Bonchev–Trinajstić information content (AvgIpc) is 3.33. The van der Waals surface area contributed by atoms with E-state index in [2.05, 4.69) is 11.9 Å². The minimum absolute atomic E-state index is 0.0677. The maximum atomic E-state index is 14.5. The summed E-state index contributed by atoms with van der Waals surface area (Å²) in [5.74, 6) is 7.25. The summed E-state index contributed by atoms with van der Waals surface area (Å²) in [7, 11) is 0. The second-order valence-electron chi connectivity index (χ2n) is 7.86. The van der Waals surface area contributed by atoms with Crippen molar-refractivity contribution in [3.63, 3.8) is 0 Å². The van der Waals surface area contributed by atoms with Crippen molar-refractivity contribution >= 4 is 23.5 Å². The molecule has 2 aliphatic heterocycles. The van der Waals surface area contributed by atoms with Crippen molar-refractivity contribution in [3.05, 3.63) is 60.7 Å². The van der Waals surface area contributed by atoms with Gasteiger partial charge < -0.3 is 21.2 Å². The second kappa shape index (κ2) is 11.3. The molecule has 0 radical (unpaired) electrons. The van der Waals surface area contributed by atoms with Gasteiger partial charge in [0.25, 0.3) is 0 Å². The number of aromatic nitrogens is 1. The van der Waals surface area contributed by atoms with Crippen LogP contribution < -0.4 is 22.2 Å². The summed E-state index contributed by atoms with van der Waals surface area (Å²) in [5.41, 5.74) is 11.1. The van der Waals surface area contributed by atoms with E-state index in [0.717, 1.165) is 23.0 Å². The first-order valence-electron chi connectivity index (χ1n) is 10.4. The molecule has 1 aromatic heterocycles. The maximum absolute atomic E-state index is 14.5. The van der Waals surface area contributed by atoms with Crippen LogP contribution in [-0.2, 0) is 4.74 Å². The van der Waals surface area contributed by atoms with E-state index in [9.17, 15) is 13.6 Å². The highest BCUT2D eigenvalue weighted by Gasteiger charge is 2.34. The van der Waals surface area contributed by atoms with E-state index in [1.165, 1.54) is 41.3 Å². The Kier molecular flexibility index (Phi) is 8.48. The number of halogens is 2. The lowest BCUT2D eigenvalue weighted by atomic mass is 10.1. The van der Waals surface area contributed by atoms with Gasteiger partial charge in [0.15, 0.2) is 0 Å². The Balaban J connectivity index is 0.000000374. The van der Waals surface area contributed by atoms with Crippen LogP contribution in [0.25, 0.3) is 11.1 Å². The van der Waals surface area contributed by atoms with Gasteiger partial charge in [0.05, 0.1) is 24.3 Å². The number of hydrazine groups is 1. The van der Waals surface area contributed by atoms with Crippen LogP contribution in [0.3, 0.4) is 0 Å². The Bertz CT molecular complexity index is 950. The van der Waals surface area contributed by atoms with E-state index in [1.54, 1.807) is 12.1 Å². The standard InChI is InChI=1S/C17H17F2N5O2.C5H11NS/c18-14-6-12(7-15(19)16(14)11-2-1-4-22-8-11)24-10-13(26-17(24)25)9-23(21)5-3-20;1-4-2-7-3-5(4)6/h1-8,13H,9-10,20-21H2;4-5H,2-3,6H2,1H3/b5-3-;/t;4-,5?/m.1/s1. The number of amides is 1. The molecule has 1 amide bonds. The zero-order valence-corrected chi connectivity index (χ0v) is 19.1. The summed E-state index contributed by atoms with van der Waals surface area (Å²) in [6.07, 6.45) is 4.27. The third kappa shape index (κ3) is 6.34. The molecular weight excluding hydrogens is 450 g/mol. The topological polar surface area (TPSA) is 124 Å². The number of carbonyl (C=O) groups is 1. The number of pyridine rings is 1. The highest BCUT2D eigenvalue weighted by Crippen LogP contribution is 2.31. The fourth-order valence-corrected chi connectivity index (χ4v) is 4.77. The first-order chi connectivity index (χ1) is 15.8. The molecule has 3 atom stereocenters. The normalized spacial score (nSPS) is 22.3. The van der Waals surface area contributed by atoms with Gasteiger partial charge in [-0.1, -0.05) is 13.0 Å². The Labute approximate surface area is 195 Å². The van der Waals surface area contributed by atoms with Crippen molar-refractivity contribution in [3.8, 4) is 11.1 Å². The first kappa shape index (κ1) is 24.7. The molecule has 2 fully saturated rings. The average molecular weight is 479 g/mol. The lowest BCUT2D eigenvalue weighted by Crippen LogP contribution is -2.36. The molecule has 2 aromatic rings. The van der Waals surface area contributed by atoms with Crippen LogP contribution in [0.5, 0.6) is 0 Å². The van der Waals surface area contributed by atoms with E-state index in [0.29, 0.717) is 11.6 Å². The van der Waals surface area contributed by atoms with Gasteiger partial charge in [0, 0.05) is 42.2 Å². The van der Waals surface area contributed by atoms with E-state index in [-0.39, 0.29) is 24.3 Å². The number of hydrogen-bond donors (Lipinski definition) is 3. The highest BCUT2D eigenvalue weighted by molar-refractivity contribution is 7.99. The van der Waals surface area contributed by atoms with Gasteiger partial charge in [-0.2, -0.15) is 11.8 Å². The lowest BCUT2D eigenvalue weighted by molar-refractivity contribution is 0.122. The molecule has 0 spiro atoms. The summed E-state index contributed by atoms with van der Waals surface area (Å²) in [5, 5.41) is 1.26. The van der Waals surface area contributed by atoms with Gasteiger partial charge in [-0.3, -0.25) is 9.88 Å². The molecule has 11 heteroatoms. The predicted molar refractivity (Wildman–Crippen MR) is 126 cm³/mol. The van der Waals surface area contributed by atoms with Crippen molar-refractivity contribution in [2.24, 2.45) is 23.2 Å². The van der Waals surface area contributed by atoms with Gasteiger partial charge in [0.2, 0.25) is 0 Å². The highest BCUT2D eigenvalue weighted by atomic mass is 32.2. The van der Waals surface area contributed by atoms with Gasteiger partial charge in [-0.25, -0.2) is 19.4 Å². The number of hydrogen-bond acceptors (Lipinski definition) is 8. The number of benzene rings is 1. The fourth-order valence-electron chi connectivity index (χ4n) is 3.41. The second-order valence-corrected chi connectivity index (χ2v) is 8.93. The third-order valence-electron chi connectivity index (χ3n) is 5.28. The van der Waals surface area contributed by atoms with E-state index < -0.39 is 23.8 Å². The molecule has 2 saturated heterocycles. The molecule has 6 N–H and O–H groups in total. The number of carbonyl (C=O) groups excluding carboxylic acids is 1. The van der Waals surface area contributed by atoms with E-state index >= 15 is 0 Å². The predicted octanol–water partition coefficient (Wildman–Crippen LogP) is 2.65. The zero-order valence-electron chi connectivity index (χ0n) is 18.2. The van der Waals surface area contributed by atoms with Gasteiger partial charge >= 0.3 is 6.09 Å². The summed E-state index contributed by atoms with van der Waals surface area (Å²) < 4.78 is 34.1. The molecule has 33 heavy (non-hydrogen) atoms. The van der Waals surface area contributed by atoms with Crippen LogP contribution in [0.1, 0.15) is 6.92 Å². The Morgan fingerprint density at radius 1 is 1.33 bits per heavy atom. The summed E-state index contributed by atoms with van der Waals surface area (Å²) in [4.78, 5) is 17.1. The molecule has 1 aromatic carbocycles. The number of anilines is 1. The molecule has 8 nitrogen and oxygen atoms in total.